The van der Waals surface area contributed by atoms with Crippen molar-refractivity contribution in [3.05, 3.63) is 24.3 Å². The molecule has 3 heterocycles. The second kappa shape index (κ2) is 8.43. The number of benzene rings is 1. The lowest BCUT2D eigenvalue weighted by Gasteiger charge is -2.37. The predicted molar refractivity (Wildman–Crippen MR) is 108 cm³/mol. The van der Waals surface area contributed by atoms with Gasteiger partial charge < -0.3 is 19.4 Å². The Bertz CT molecular complexity index is 766. The van der Waals surface area contributed by atoms with Crippen LogP contribution in [0.15, 0.2) is 24.3 Å². The fourth-order valence-corrected chi connectivity index (χ4v) is 4.76. The van der Waals surface area contributed by atoms with Crippen molar-refractivity contribution in [1.29, 1.82) is 0 Å². The van der Waals surface area contributed by atoms with Gasteiger partial charge in [0.2, 0.25) is 5.91 Å². The van der Waals surface area contributed by atoms with Crippen molar-refractivity contribution < 1.29 is 19.1 Å². The van der Waals surface area contributed by atoms with Gasteiger partial charge in [0.1, 0.15) is 5.75 Å². The minimum absolute atomic E-state index is 0.0355. The molecule has 8 heteroatoms. The minimum Gasteiger partial charge on any atom is -0.476 e. The number of hydrogen-bond acceptors (Lipinski definition) is 5. The lowest BCUT2D eigenvalue weighted by atomic mass is 10.1. The smallest absolute Gasteiger partial charge is 0.281 e. The second-order valence-corrected chi connectivity index (χ2v) is 8.36. The van der Waals surface area contributed by atoms with Gasteiger partial charge in [0, 0.05) is 38.4 Å². The molecule has 2 saturated heterocycles. The Morgan fingerprint density at radius 2 is 1.89 bits per heavy atom. The molecular formula is C20H25N3O4S. The molecular weight excluding hydrogens is 378 g/mol. The van der Waals surface area contributed by atoms with E-state index in [-0.39, 0.29) is 30.0 Å². The van der Waals surface area contributed by atoms with Crippen molar-refractivity contribution in [2.45, 2.75) is 31.8 Å². The molecule has 28 heavy (non-hydrogen) atoms. The number of nitrogens with zero attached hydrogens (tertiary/aromatic N) is 3. The Labute approximate surface area is 169 Å². The van der Waals surface area contributed by atoms with E-state index in [4.69, 9.17) is 4.74 Å². The first-order valence-electron chi connectivity index (χ1n) is 9.90. The molecule has 0 N–H and O–H groups in total. The molecule has 3 aliphatic rings. The quantitative estimate of drug-likeness (QED) is 0.772. The first-order valence-corrected chi connectivity index (χ1v) is 10.9. The number of fused-ring (bicyclic) bond motifs is 1. The number of carbonyl (C=O) groups is 3. The zero-order chi connectivity index (χ0) is 19.5. The van der Waals surface area contributed by atoms with Gasteiger partial charge in [0.05, 0.1) is 12.2 Å². The van der Waals surface area contributed by atoms with Gasteiger partial charge in [0.25, 0.3) is 11.1 Å². The maximum absolute atomic E-state index is 13.0. The first-order chi connectivity index (χ1) is 13.6. The number of ether oxygens (including phenoxy) is 1. The van der Waals surface area contributed by atoms with Crippen molar-refractivity contribution in [3.63, 3.8) is 0 Å². The molecule has 3 amide bonds. The summed E-state index contributed by atoms with van der Waals surface area (Å²) >= 11 is 1.29. The van der Waals surface area contributed by atoms with Crippen LogP contribution in [0.5, 0.6) is 5.75 Å². The summed E-state index contributed by atoms with van der Waals surface area (Å²) in [7, 11) is 0. The normalized spacial score (nSPS) is 22.1. The fraction of sp³-hybridized carbons (Fsp3) is 0.550. The summed E-state index contributed by atoms with van der Waals surface area (Å²) in [6, 6.07) is 7.34. The average Bonchev–Trinajstić information content (AvgIpc) is 3.16. The van der Waals surface area contributed by atoms with E-state index < -0.39 is 6.10 Å². The summed E-state index contributed by atoms with van der Waals surface area (Å²) in [5.41, 5.74) is 0.692. The molecule has 1 aromatic carbocycles. The molecule has 7 nitrogen and oxygen atoms in total. The molecule has 1 aromatic rings. The van der Waals surface area contributed by atoms with E-state index in [0.717, 1.165) is 38.1 Å². The number of para-hydroxylation sites is 2. The highest BCUT2D eigenvalue weighted by molar-refractivity contribution is 8.13. The molecule has 0 spiro atoms. The van der Waals surface area contributed by atoms with Crippen molar-refractivity contribution in [2.75, 3.05) is 43.4 Å². The first kappa shape index (κ1) is 19.1. The van der Waals surface area contributed by atoms with Gasteiger partial charge in [-0.05, 0) is 31.4 Å². The number of amides is 3. The summed E-state index contributed by atoms with van der Waals surface area (Å²) < 4.78 is 5.97. The Hall–Kier alpha value is -2.22. The van der Waals surface area contributed by atoms with E-state index in [0.29, 0.717) is 24.5 Å². The van der Waals surface area contributed by atoms with E-state index >= 15 is 0 Å². The van der Waals surface area contributed by atoms with Gasteiger partial charge in [-0.15, -0.1) is 0 Å². The largest absolute Gasteiger partial charge is 0.476 e. The minimum atomic E-state index is -0.680. The predicted octanol–water partition coefficient (Wildman–Crippen LogP) is 2.35. The molecule has 1 unspecified atom stereocenters. The van der Waals surface area contributed by atoms with Gasteiger partial charge in [-0.3, -0.25) is 14.4 Å². The van der Waals surface area contributed by atoms with Crippen LogP contribution in [0.1, 0.15) is 25.7 Å². The van der Waals surface area contributed by atoms with Crippen LogP contribution in [-0.4, -0.2) is 71.4 Å². The number of rotatable bonds is 4. The van der Waals surface area contributed by atoms with Crippen molar-refractivity contribution >= 4 is 34.5 Å². The molecule has 3 aliphatic heterocycles. The Balaban J connectivity index is 1.47. The highest BCUT2D eigenvalue weighted by atomic mass is 32.2. The van der Waals surface area contributed by atoms with Crippen LogP contribution in [0, 0.1) is 0 Å². The van der Waals surface area contributed by atoms with E-state index in [1.807, 2.05) is 23.1 Å². The van der Waals surface area contributed by atoms with E-state index in [1.165, 1.54) is 11.8 Å². The summed E-state index contributed by atoms with van der Waals surface area (Å²) in [5.74, 6) is 1.21. The van der Waals surface area contributed by atoms with Gasteiger partial charge in [-0.25, -0.2) is 0 Å². The Kier molecular flexibility index (Phi) is 5.75. The summed E-state index contributed by atoms with van der Waals surface area (Å²) in [5, 5.41) is 0.0355. The van der Waals surface area contributed by atoms with Gasteiger partial charge in [-0.2, -0.15) is 0 Å². The third kappa shape index (κ3) is 3.97. The lowest BCUT2D eigenvalue weighted by Crippen LogP contribution is -2.53. The maximum Gasteiger partial charge on any atom is 0.281 e. The summed E-state index contributed by atoms with van der Waals surface area (Å²) in [6.07, 6.45) is 2.74. The number of hydrogen-bond donors (Lipinski definition) is 0. The molecule has 4 rings (SSSR count). The SMILES string of the molecule is O=C1SCCN1CCC(=O)N1CC(C(=O)N2CCCCC2)Oc2ccccc21. The third-order valence-electron chi connectivity index (χ3n) is 5.46. The zero-order valence-electron chi connectivity index (χ0n) is 15.8. The van der Waals surface area contributed by atoms with Gasteiger partial charge in [0.15, 0.2) is 6.10 Å². The number of carbonyl (C=O) groups excluding carboxylic acids is 3. The topological polar surface area (TPSA) is 70.2 Å². The van der Waals surface area contributed by atoms with Crippen molar-refractivity contribution in [1.82, 2.24) is 9.80 Å². The summed E-state index contributed by atoms with van der Waals surface area (Å²) in [6.45, 7) is 2.82. The van der Waals surface area contributed by atoms with Crippen LogP contribution in [0.4, 0.5) is 10.5 Å². The van der Waals surface area contributed by atoms with Crippen LogP contribution in [0.25, 0.3) is 0 Å². The second-order valence-electron chi connectivity index (χ2n) is 7.32. The molecule has 0 radical (unpaired) electrons. The molecule has 0 aliphatic carbocycles. The molecule has 150 valence electrons. The maximum atomic E-state index is 13.0. The van der Waals surface area contributed by atoms with Crippen molar-refractivity contribution in [2.24, 2.45) is 0 Å². The zero-order valence-corrected chi connectivity index (χ0v) is 16.7. The van der Waals surface area contributed by atoms with Gasteiger partial charge >= 0.3 is 0 Å². The highest BCUT2D eigenvalue weighted by Gasteiger charge is 2.36. The number of likely N-dealkylation sites (tertiary alicyclic amines) is 1. The van der Waals surface area contributed by atoms with Crippen LogP contribution < -0.4 is 9.64 Å². The monoisotopic (exact) mass is 403 g/mol. The highest BCUT2D eigenvalue weighted by Crippen LogP contribution is 2.34. The van der Waals surface area contributed by atoms with Crippen LogP contribution in [0.3, 0.4) is 0 Å². The molecule has 0 aromatic heterocycles. The van der Waals surface area contributed by atoms with Crippen LogP contribution >= 0.6 is 11.8 Å². The standard InChI is InChI=1S/C20H25N3O4S/c24-18(8-11-22-12-13-28-20(22)26)23-14-17(19(25)21-9-4-1-5-10-21)27-16-7-3-2-6-15(16)23/h2-3,6-7,17H,1,4-5,8-14H2. The van der Waals surface area contributed by atoms with E-state index in [9.17, 15) is 14.4 Å². The number of anilines is 1. The fourth-order valence-electron chi connectivity index (χ4n) is 3.91. The third-order valence-corrected chi connectivity index (χ3v) is 6.35. The molecule has 0 bridgehead atoms. The van der Waals surface area contributed by atoms with Crippen LogP contribution in [-0.2, 0) is 9.59 Å². The van der Waals surface area contributed by atoms with E-state index in [1.54, 1.807) is 15.9 Å². The molecule has 1 atom stereocenters. The molecule has 0 saturated carbocycles. The average molecular weight is 404 g/mol. The van der Waals surface area contributed by atoms with Crippen LogP contribution in [0.2, 0.25) is 0 Å². The Morgan fingerprint density at radius 1 is 1.11 bits per heavy atom. The van der Waals surface area contributed by atoms with Crippen molar-refractivity contribution in [3.8, 4) is 5.75 Å². The molecule has 2 fully saturated rings. The number of thioether (sulfide) groups is 1. The Morgan fingerprint density at radius 3 is 2.64 bits per heavy atom. The number of piperidine rings is 1. The van der Waals surface area contributed by atoms with E-state index in [2.05, 4.69) is 0 Å². The van der Waals surface area contributed by atoms with Gasteiger partial charge in [-0.1, -0.05) is 23.9 Å². The summed E-state index contributed by atoms with van der Waals surface area (Å²) in [4.78, 5) is 42.9. The lowest BCUT2D eigenvalue weighted by molar-refractivity contribution is -0.139.